The van der Waals surface area contributed by atoms with Crippen LogP contribution in [0.5, 0.6) is 0 Å². The van der Waals surface area contributed by atoms with Gasteiger partial charge in [0.15, 0.2) is 6.17 Å². The zero-order chi connectivity index (χ0) is 28.8. The number of nitrogens with zero attached hydrogens (tertiary/aromatic N) is 2. The third-order valence-electron chi connectivity index (χ3n) is 7.05. The van der Waals surface area contributed by atoms with Gasteiger partial charge in [0.25, 0.3) is 5.91 Å². The highest BCUT2D eigenvalue weighted by atomic mass is 19.4. The molecule has 8 nitrogen and oxygen atoms in total. The number of rotatable bonds is 4. The summed E-state index contributed by atoms with van der Waals surface area (Å²) in [6.45, 7) is 3.54. The summed E-state index contributed by atoms with van der Waals surface area (Å²) in [5, 5.41) is 7.74. The van der Waals surface area contributed by atoms with E-state index in [1.165, 1.54) is 0 Å². The van der Waals surface area contributed by atoms with Crippen LogP contribution in [0.2, 0.25) is 0 Å². The van der Waals surface area contributed by atoms with Crippen LogP contribution in [0.25, 0.3) is 0 Å². The van der Waals surface area contributed by atoms with Crippen LogP contribution in [0, 0.1) is 11.7 Å². The zero-order valence-corrected chi connectivity index (χ0v) is 21.9. The van der Waals surface area contributed by atoms with Crippen molar-refractivity contribution in [1.82, 2.24) is 15.5 Å². The van der Waals surface area contributed by atoms with Crippen LogP contribution in [0.4, 0.5) is 28.0 Å². The summed E-state index contributed by atoms with van der Waals surface area (Å²) in [5.41, 5.74) is 1.32. The average Bonchev–Trinajstić information content (AvgIpc) is 2.89. The first kappa shape index (κ1) is 27.2. The van der Waals surface area contributed by atoms with Gasteiger partial charge in [0.05, 0.1) is 17.0 Å². The Kier molecular flexibility index (Phi) is 7.03. The number of amides is 3. The number of carbonyl (C=O) groups is 2. The maximum Gasteiger partial charge on any atom is 0.416 e. The van der Waals surface area contributed by atoms with Gasteiger partial charge in [0.2, 0.25) is 0 Å². The molecule has 4 aliphatic rings. The Morgan fingerprint density at radius 2 is 2.00 bits per heavy atom. The van der Waals surface area contributed by atoms with Crippen molar-refractivity contribution in [2.75, 3.05) is 12.4 Å². The van der Waals surface area contributed by atoms with Crippen molar-refractivity contribution in [2.45, 2.75) is 45.1 Å². The summed E-state index contributed by atoms with van der Waals surface area (Å²) in [6, 6.07) is 0.951. The molecule has 0 fully saturated rings. The Labute approximate surface area is 227 Å². The van der Waals surface area contributed by atoms with Gasteiger partial charge in [-0.25, -0.2) is 9.18 Å². The molecule has 2 aliphatic carbocycles. The number of anilines is 1. The van der Waals surface area contributed by atoms with E-state index in [9.17, 15) is 27.2 Å². The maximum absolute atomic E-state index is 14.2. The van der Waals surface area contributed by atoms with Crippen LogP contribution in [-0.2, 0) is 15.7 Å². The number of aliphatic imine (C=N–C) groups is 1. The molecule has 12 heteroatoms. The molecule has 0 saturated heterocycles. The number of benzene rings is 1. The van der Waals surface area contributed by atoms with Gasteiger partial charge in [-0.3, -0.25) is 9.79 Å². The number of hydrogen-bond acceptors (Lipinski definition) is 5. The van der Waals surface area contributed by atoms with Gasteiger partial charge in [-0.1, -0.05) is 25.2 Å². The van der Waals surface area contributed by atoms with E-state index in [1.54, 1.807) is 19.1 Å². The van der Waals surface area contributed by atoms with Crippen LogP contribution >= 0.6 is 0 Å². The number of carbonyl (C=O) groups excluding carboxylic acids is 2. The lowest BCUT2D eigenvalue weighted by Gasteiger charge is -2.37. The summed E-state index contributed by atoms with van der Waals surface area (Å²) in [7, 11) is 1.84. The number of hydrogen-bond donors (Lipinski definition) is 3. The van der Waals surface area contributed by atoms with E-state index in [2.05, 4.69) is 20.9 Å². The van der Waals surface area contributed by atoms with Crippen molar-refractivity contribution in [3.63, 3.8) is 0 Å². The van der Waals surface area contributed by atoms with Crippen molar-refractivity contribution in [1.29, 1.82) is 0 Å². The highest BCUT2D eigenvalue weighted by Crippen LogP contribution is 2.38. The molecule has 2 aliphatic heterocycles. The van der Waals surface area contributed by atoms with Crippen LogP contribution in [0.15, 0.2) is 82.0 Å². The van der Waals surface area contributed by atoms with Gasteiger partial charge in [0, 0.05) is 24.9 Å². The number of likely N-dealkylation sites (N-methyl/N-ethyl adjacent to an activating group) is 1. The molecule has 3 unspecified atom stereocenters. The Bertz CT molecular complexity index is 1450. The fourth-order valence-electron chi connectivity index (χ4n) is 5.00. The molecule has 5 rings (SSSR count). The smallest absolute Gasteiger partial charge is 0.416 e. The highest BCUT2D eigenvalue weighted by Gasteiger charge is 2.36. The van der Waals surface area contributed by atoms with E-state index in [4.69, 9.17) is 4.74 Å². The van der Waals surface area contributed by atoms with Crippen LogP contribution in [-0.4, -0.2) is 41.9 Å². The fourth-order valence-corrected chi connectivity index (χ4v) is 5.00. The van der Waals surface area contributed by atoms with Gasteiger partial charge >= 0.3 is 12.2 Å². The molecule has 1 aromatic carbocycles. The Morgan fingerprint density at radius 1 is 1.23 bits per heavy atom. The first-order valence-corrected chi connectivity index (χ1v) is 12.7. The second kappa shape index (κ2) is 10.3. The molecule has 0 aromatic heterocycles. The van der Waals surface area contributed by atoms with Gasteiger partial charge in [-0.05, 0) is 55.2 Å². The lowest BCUT2D eigenvalue weighted by Crippen LogP contribution is -2.47. The Morgan fingerprint density at radius 3 is 2.75 bits per heavy atom. The van der Waals surface area contributed by atoms with Crippen molar-refractivity contribution in [3.8, 4) is 0 Å². The number of urea groups is 1. The number of fused-ring (bicyclic) bond motifs is 1. The molecule has 0 bridgehead atoms. The molecule has 2 heterocycles. The first-order chi connectivity index (χ1) is 18.9. The Hall–Kier alpha value is -4.35. The summed E-state index contributed by atoms with van der Waals surface area (Å²) >= 11 is 0. The molecular weight excluding hydrogens is 530 g/mol. The fraction of sp³-hybridized carbons (Fsp3) is 0.321. The minimum Gasteiger partial charge on any atom is -0.483 e. The van der Waals surface area contributed by atoms with E-state index in [-0.39, 0.29) is 11.8 Å². The molecule has 0 saturated carbocycles. The largest absolute Gasteiger partial charge is 0.483 e. The van der Waals surface area contributed by atoms with Crippen molar-refractivity contribution < 1.29 is 31.9 Å². The molecule has 40 heavy (non-hydrogen) atoms. The second-order valence-electron chi connectivity index (χ2n) is 9.93. The van der Waals surface area contributed by atoms with E-state index in [1.807, 2.05) is 37.2 Å². The maximum atomic E-state index is 14.2. The molecule has 0 spiro atoms. The van der Waals surface area contributed by atoms with Crippen molar-refractivity contribution in [3.05, 3.63) is 88.4 Å². The van der Waals surface area contributed by atoms with E-state index < -0.39 is 41.5 Å². The average molecular weight is 558 g/mol. The predicted molar refractivity (Wildman–Crippen MR) is 140 cm³/mol. The van der Waals surface area contributed by atoms with Gasteiger partial charge < -0.3 is 25.6 Å². The number of halogens is 4. The minimum atomic E-state index is -4.68. The third kappa shape index (κ3) is 5.25. The summed E-state index contributed by atoms with van der Waals surface area (Å²) < 4.78 is 59.9. The van der Waals surface area contributed by atoms with Crippen LogP contribution < -0.4 is 16.0 Å². The van der Waals surface area contributed by atoms with E-state index in [0.29, 0.717) is 53.9 Å². The standard InChI is InChI=1S/C28H27F4N5O3/c1-14-12-20(34-27(39)35-21-13-16(28(30,31)32)8-9-19(21)29)17-6-4-5-7-18(17)24(14)40-22-10-11-37(3)25-23(22)36-26(38)15(2)33-25/h5,7-14,24-25H,4,6H2,1-3H3,(H,36,38)(H2,34,35,39). The molecule has 1 aromatic rings. The van der Waals surface area contributed by atoms with E-state index in [0.717, 1.165) is 11.1 Å². The molecular formula is C28H27F4N5O3. The quantitative estimate of drug-likeness (QED) is 0.448. The van der Waals surface area contributed by atoms with Crippen molar-refractivity contribution >= 4 is 23.3 Å². The lowest BCUT2D eigenvalue weighted by atomic mass is 9.81. The predicted octanol–water partition coefficient (Wildman–Crippen LogP) is 5.12. The normalized spacial score (nSPS) is 24.1. The minimum absolute atomic E-state index is 0.258. The van der Waals surface area contributed by atoms with Crippen LogP contribution in [0.3, 0.4) is 0 Å². The van der Waals surface area contributed by atoms with Crippen molar-refractivity contribution in [2.24, 2.45) is 10.9 Å². The number of alkyl halides is 3. The SMILES string of the molecule is CC1=NC2C(=C(OC3C4=C(CCC=C4)C(NC(=O)Nc4cc(C(F)(F)F)ccc4F)=CC3C)C=CN2C)NC1=O. The van der Waals surface area contributed by atoms with E-state index >= 15 is 0 Å². The molecule has 210 valence electrons. The topological polar surface area (TPSA) is 95.1 Å². The molecule has 3 atom stereocenters. The first-order valence-electron chi connectivity index (χ1n) is 12.7. The third-order valence-corrected chi connectivity index (χ3v) is 7.05. The summed E-state index contributed by atoms with van der Waals surface area (Å²) in [6.07, 6.45) is 4.99. The number of allylic oxidation sites excluding steroid dienone is 3. The van der Waals surface area contributed by atoms with Gasteiger partial charge in [-0.2, -0.15) is 13.2 Å². The number of ether oxygens (including phenoxy) is 1. The summed E-state index contributed by atoms with van der Waals surface area (Å²) in [5.74, 6) is -1.08. The monoisotopic (exact) mass is 557 g/mol. The lowest BCUT2D eigenvalue weighted by molar-refractivity contribution is -0.137. The second-order valence-corrected chi connectivity index (χ2v) is 9.93. The Balaban J connectivity index is 1.38. The molecule has 3 amide bonds. The number of nitrogens with one attached hydrogen (secondary N) is 3. The summed E-state index contributed by atoms with van der Waals surface area (Å²) in [4.78, 5) is 31.4. The van der Waals surface area contributed by atoms with Crippen LogP contribution in [0.1, 0.15) is 32.3 Å². The zero-order valence-electron chi connectivity index (χ0n) is 21.9. The van der Waals surface area contributed by atoms with Gasteiger partial charge in [-0.15, -0.1) is 0 Å². The molecule has 0 radical (unpaired) electrons. The van der Waals surface area contributed by atoms with Gasteiger partial charge in [0.1, 0.15) is 23.4 Å². The highest BCUT2D eigenvalue weighted by molar-refractivity contribution is 6.39. The molecule has 3 N–H and O–H groups in total.